The quantitative estimate of drug-likeness (QED) is 0.312. The van der Waals surface area contributed by atoms with Crippen molar-refractivity contribution >= 4 is 0 Å². The van der Waals surface area contributed by atoms with Crippen LogP contribution in [0.25, 0.3) is 0 Å². The molecule has 5 heavy (non-hydrogen) atoms. The summed E-state index contributed by atoms with van der Waals surface area (Å²) < 4.78 is 0. The van der Waals surface area contributed by atoms with Gasteiger partial charge in [0.2, 0.25) is 0 Å². The van der Waals surface area contributed by atoms with E-state index < -0.39 is 0 Å². The van der Waals surface area contributed by atoms with Gasteiger partial charge >= 0.3 is 29.6 Å². The van der Waals surface area contributed by atoms with Crippen LogP contribution >= 0.6 is 0 Å². The second-order valence-electron chi connectivity index (χ2n) is 1.68. The summed E-state index contributed by atoms with van der Waals surface area (Å²) in [5.41, 5.74) is 0. The Hall–Kier alpha value is 1.00. The molecule has 1 heteroatoms. The fourth-order valence-electron chi connectivity index (χ4n) is 0.167. The first-order valence-corrected chi connectivity index (χ1v) is 1.89. The first-order valence-electron chi connectivity index (χ1n) is 1.89. The Morgan fingerprint density at radius 1 is 1.60 bits per heavy atom. The molecule has 0 heterocycles. The first-order chi connectivity index (χ1) is 1.89. The largest absolute Gasteiger partial charge is 1.00 e. The van der Waals surface area contributed by atoms with Crippen LogP contribution < -0.4 is 29.6 Å². The van der Waals surface area contributed by atoms with E-state index >= 15 is 0 Å². The summed E-state index contributed by atoms with van der Waals surface area (Å²) in [6.07, 6.45) is 2.97. The summed E-state index contributed by atoms with van der Waals surface area (Å²) in [7, 11) is 0. The normalized spacial score (nSPS) is 21.0. The molecule has 0 nitrogen and oxygen atoms in total. The Balaban J connectivity index is 0. The van der Waals surface area contributed by atoms with Crippen LogP contribution in [-0.2, 0) is 0 Å². The van der Waals surface area contributed by atoms with Crippen LogP contribution in [0.15, 0.2) is 0 Å². The van der Waals surface area contributed by atoms with Crippen molar-refractivity contribution in [3.8, 4) is 0 Å². The molecular weight excluding hydrogens is 71.0 g/mol. The molecule has 1 fully saturated rings. The third-order valence-electron chi connectivity index (χ3n) is 0.866. The van der Waals surface area contributed by atoms with E-state index in [1.807, 2.05) is 0 Å². The Bertz CT molecular complexity index is 26.7. The van der Waals surface area contributed by atoms with Crippen molar-refractivity contribution < 1.29 is 31.0 Å². The average molecular weight is 80.1 g/mol. The van der Waals surface area contributed by atoms with Crippen molar-refractivity contribution in [3.05, 3.63) is 0 Å². The molecule has 0 atom stereocenters. The second-order valence-corrected chi connectivity index (χ2v) is 1.68. The molecule has 1 saturated carbocycles. The zero-order chi connectivity index (χ0) is 2.99. The van der Waals surface area contributed by atoms with Gasteiger partial charge in [-0.15, -0.1) is 0 Å². The van der Waals surface area contributed by atoms with E-state index in [4.69, 9.17) is 0 Å². The monoisotopic (exact) mass is 80.1 g/mol. The molecule has 0 amide bonds. The van der Waals surface area contributed by atoms with Gasteiger partial charge in [-0.1, -0.05) is 19.8 Å². The van der Waals surface area contributed by atoms with Crippen molar-refractivity contribution in [1.82, 2.24) is 0 Å². The molecule has 0 spiro atoms. The summed E-state index contributed by atoms with van der Waals surface area (Å²) in [6.45, 7) is 2.28. The maximum atomic E-state index is 2.28. The molecule has 0 aliphatic heterocycles. The summed E-state index contributed by atoms with van der Waals surface area (Å²) >= 11 is 0. The zero-order valence-corrected chi connectivity index (χ0v) is 5.99. The van der Waals surface area contributed by atoms with Crippen molar-refractivity contribution in [2.45, 2.75) is 19.8 Å². The maximum absolute atomic E-state index is 2.28. The summed E-state index contributed by atoms with van der Waals surface area (Å²) in [6, 6.07) is 0. The van der Waals surface area contributed by atoms with Crippen molar-refractivity contribution in [3.63, 3.8) is 0 Å². The minimum absolute atomic E-state index is 0. The van der Waals surface area contributed by atoms with Crippen LogP contribution in [0.3, 0.4) is 0 Å². The number of hydrogen-bond acceptors (Lipinski definition) is 0. The van der Waals surface area contributed by atoms with E-state index in [-0.39, 0.29) is 31.0 Å². The Labute approximate surface area is 56.7 Å². The Morgan fingerprint density at radius 2 is 1.80 bits per heavy atom. The SMILES string of the molecule is CC1CC1.[H-].[Na+]. The standard InChI is InChI=1S/C4H8.Na.H/c1-4-2-3-4;;/h4H,2-3H2,1H3;;/q;+1;-1. The molecule has 26 valence electrons. The van der Waals surface area contributed by atoms with Crippen LogP contribution in [0.4, 0.5) is 0 Å². The van der Waals surface area contributed by atoms with Crippen LogP contribution in [0.1, 0.15) is 21.2 Å². The minimum atomic E-state index is 0. The van der Waals surface area contributed by atoms with Crippen molar-refractivity contribution in [2.75, 3.05) is 0 Å². The number of hydrogen-bond donors (Lipinski definition) is 0. The van der Waals surface area contributed by atoms with E-state index in [0.29, 0.717) is 0 Å². The molecule has 1 rings (SSSR count). The van der Waals surface area contributed by atoms with Crippen LogP contribution in [0.5, 0.6) is 0 Å². The third kappa shape index (κ3) is 2.81. The third-order valence-corrected chi connectivity index (χ3v) is 0.866. The average Bonchev–Trinajstić information content (AvgIpc) is 1.75. The molecule has 0 aromatic heterocycles. The minimum Gasteiger partial charge on any atom is -1.00 e. The topological polar surface area (TPSA) is 0 Å². The van der Waals surface area contributed by atoms with Gasteiger partial charge in [0.05, 0.1) is 0 Å². The van der Waals surface area contributed by atoms with Crippen molar-refractivity contribution in [1.29, 1.82) is 0 Å². The zero-order valence-electron chi connectivity index (χ0n) is 4.99. The fourth-order valence-corrected chi connectivity index (χ4v) is 0.167. The van der Waals surface area contributed by atoms with Gasteiger partial charge < -0.3 is 1.43 Å². The summed E-state index contributed by atoms with van der Waals surface area (Å²) in [5.74, 6) is 1.08. The van der Waals surface area contributed by atoms with E-state index in [2.05, 4.69) is 6.92 Å². The molecule has 0 aromatic rings. The smallest absolute Gasteiger partial charge is 1.00 e. The molecule has 0 radical (unpaired) electrons. The molecule has 1 aliphatic rings. The van der Waals surface area contributed by atoms with E-state index in [0.717, 1.165) is 5.92 Å². The molecule has 0 N–H and O–H groups in total. The van der Waals surface area contributed by atoms with E-state index in [1.54, 1.807) is 0 Å². The van der Waals surface area contributed by atoms with Crippen LogP contribution in [0.2, 0.25) is 0 Å². The summed E-state index contributed by atoms with van der Waals surface area (Å²) in [5, 5.41) is 0. The molecule has 0 saturated heterocycles. The Morgan fingerprint density at radius 3 is 1.80 bits per heavy atom. The predicted molar refractivity (Wildman–Crippen MR) is 19.5 cm³/mol. The van der Waals surface area contributed by atoms with Gasteiger partial charge in [-0.25, -0.2) is 0 Å². The van der Waals surface area contributed by atoms with Crippen LogP contribution in [-0.4, -0.2) is 0 Å². The molecule has 0 unspecified atom stereocenters. The summed E-state index contributed by atoms with van der Waals surface area (Å²) in [4.78, 5) is 0. The van der Waals surface area contributed by atoms with Crippen LogP contribution in [0, 0.1) is 5.92 Å². The van der Waals surface area contributed by atoms with Gasteiger partial charge in [-0.05, 0) is 5.92 Å². The Kier molecular flexibility index (Phi) is 2.67. The van der Waals surface area contributed by atoms with Gasteiger partial charge in [-0.2, -0.15) is 0 Å². The molecular formula is C4H9Na. The molecule has 0 aromatic carbocycles. The predicted octanol–water partition coefficient (Wildman–Crippen LogP) is -1.47. The molecule has 0 bridgehead atoms. The van der Waals surface area contributed by atoms with Gasteiger partial charge in [0.25, 0.3) is 0 Å². The van der Waals surface area contributed by atoms with E-state index in [9.17, 15) is 0 Å². The van der Waals surface area contributed by atoms with E-state index in [1.165, 1.54) is 12.8 Å². The number of rotatable bonds is 0. The van der Waals surface area contributed by atoms with Gasteiger partial charge in [0, 0.05) is 0 Å². The van der Waals surface area contributed by atoms with Gasteiger partial charge in [0.15, 0.2) is 0 Å². The molecule has 1 aliphatic carbocycles. The first kappa shape index (κ1) is 6.00. The van der Waals surface area contributed by atoms with Crippen molar-refractivity contribution in [2.24, 2.45) is 5.92 Å². The fraction of sp³-hybridized carbons (Fsp3) is 1.00. The van der Waals surface area contributed by atoms with Gasteiger partial charge in [-0.3, -0.25) is 0 Å². The van der Waals surface area contributed by atoms with Gasteiger partial charge in [0.1, 0.15) is 0 Å². The second kappa shape index (κ2) is 2.22. The maximum Gasteiger partial charge on any atom is 1.00 e.